The summed E-state index contributed by atoms with van der Waals surface area (Å²) in [5.41, 5.74) is 1.36. The van der Waals surface area contributed by atoms with Crippen LogP contribution in [0, 0.1) is 18.3 Å². The summed E-state index contributed by atoms with van der Waals surface area (Å²) in [4.78, 5) is 11.7. The number of anilines is 1. The molecule has 0 spiro atoms. The van der Waals surface area contributed by atoms with Crippen molar-refractivity contribution in [3.8, 4) is 11.8 Å². The van der Waals surface area contributed by atoms with Crippen LogP contribution in [0.4, 0.5) is 5.69 Å². The normalized spacial score (nSPS) is 11.0. The number of aromatic hydroxyl groups is 1. The summed E-state index contributed by atoms with van der Waals surface area (Å²) in [6.07, 6.45) is 1.28. The van der Waals surface area contributed by atoms with E-state index in [1.807, 2.05) is 26.8 Å². The standard InChI is InChI=1S/C14H17N3O2/c1-9(2)17-14(19)11(7-15)8-16-12-6-10(3)4-5-13(12)18/h4-6,8-9,16,18H,1-3H3,(H,17,19)/b11-8-. The van der Waals surface area contributed by atoms with Gasteiger partial charge in [-0.3, -0.25) is 4.79 Å². The lowest BCUT2D eigenvalue weighted by atomic mass is 10.2. The third kappa shape index (κ3) is 4.36. The van der Waals surface area contributed by atoms with Gasteiger partial charge >= 0.3 is 0 Å². The predicted molar refractivity (Wildman–Crippen MR) is 73.4 cm³/mol. The van der Waals surface area contributed by atoms with Gasteiger partial charge in [-0.15, -0.1) is 0 Å². The number of benzene rings is 1. The van der Waals surface area contributed by atoms with Crippen LogP contribution in [-0.2, 0) is 4.79 Å². The van der Waals surface area contributed by atoms with Gasteiger partial charge in [0.1, 0.15) is 17.4 Å². The number of rotatable bonds is 4. The Bertz CT molecular complexity index is 542. The lowest BCUT2D eigenvalue weighted by Gasteiger charge is -2.08. The summed E-state index contributed by atoms with van der Waals surface area (Å²) in [6.45, 7) is 5.50. The van der Waals surface area contributed by atoms with Crippen molar-refractivity contribution in [3.05, 3.63) is 35.5 Å². The summed E-state index contributed by atoms with van der Waals surface area (Å²) >= 11 is 0. The highest BCUT2D eigenvalue weighted by Gasteiger charge is 2.10. The summed E-state index contributed by atoms with van der Waals surface area (Å²) in [5.74, 6) is -0.388. The number of nitriles is 1. The highest BCUT2D eigenvalue weighted by Crippen LogP contribution is 2.23. The van der Waals surface area contributed by atoms with E-state index in [0.717, 1.165) is 5.56 Å². The zero-order valence-electron chi connectivity index (χ0n) is 11.2. The lowest BCUT2D eigenvalue weighted by molar-refractivity contribution is -0.117. The molecule has 0 saturated carbocycles. The maximum Gasteiger partial charge on any atom is 0.263 e. The second-order valence-electron chi connectivity index (χ2n) is 4.46. The number of hydrogen-bond acceptors (Lipinski definition) is 4. The summed E-state index contributed by atoms with van der Waals surface area (Å²) in [5, 5.41) is 23.9. The van der Waals surface area contributed by atoms with Crippen LogP contribution >= 0.6 is 0 Å². The first-order valence-corrected chi connectivity index (χ1v) is 5.91. The number of phenols is 1. The van der Waals surface area contributed by atoms with Gasteiger partial charge in [0, 0.05) is 12.2 Å². The molecule has 0 heterocycles. The molecular weight excluding hydrogens is 242 g/mol. The Kier molecular flexibility index (Phi) is 4.95. The quantitative estimate of drug-likeness (QED) is 0.439. The average Bonchev–Trinajstić information content (AvgIpc) is 2.33. The molecule has 0 aromatic heterocycles. The van der Waals surface area contributed by atoms with Gasteiger partial charge in [-0.1, -0.05) is 6.07 Å². The van der Waals surface area contributed by atoms with Crippen LogP contribution < -0.4 is 10.6 Å². The predicted octanol–water partition coefficient (Wildman–Crippen LogP) is 2.04. The highest BCUT2D eigenvalue weighted by atomic mass is 16.3. The van der Waals surface area contributed by atoms with Crippen LogP contribution in [0.15, 0.2) is 30.0 Å². The number of nitrogens with zero attached hydrogens (tertiary/aromatic N) is 1. The topological polar surface area (TPSA) is 85.2 Å². The van der Waals surface area contributed by atoms with Crippen molar-refractivity contribution in [2.24, 2.45) is 0 Å². The first-order valence-electron chi connectivity index (χ1n) is 5.91. The maximum absolute atomic E-state index is 11.7. The van der Waals surface area contributed by atoms with Crippen molar-refractivity contribution in [2.75, 3.05) is 5.32 Å². The molecule has 0 bridgehead atoms. The molecule has 19 heavy (non-hydrogen) atoms. The van der Waals surface area contributed by atoms with Crippen molar-refractivity contribution in [3.63, 3.8) is 0 Å². The van der Waals surface area contributed by atoms with Crippen molar-refractivity contribution < 1.29 is 9.90 Å². The van der Waals surface area contributed by atoms with Gasteiger partial charge in [0.05, 0.1) is 5.69 Å². The van der Waals surface area contributed by atoms with Crippen LogP contribution in [0.3, 0.4) is 0 Å². The number of nitrogens with one attached hydrogen (secondary N) is 2. The van der Waals surface area contributed by atoms with Gasteiger partial charge in [-0.05, 0) is 38.5 Å². The first-order chi connectivity index (χ1) is 8.93. The van der Waals surface area contributed by atoms with Gasteiger partial charge in [0.2, 0.25) is 0 Å². The Morgan fingerprint density at radius 3 is 2.74 bits per heavy atom. The van der Waals surface area contributed by atoms with E-state index >= 15 is 0 Å². The summed E-state index contributed by atoms with van der Waals surface area (Å²) in [7, 11) is 0. The Morgan fingerprint density at radius 2 is 2.16 bits per heavy atom. The average molecular weight is 259 g/mol. The van der Waals surface area contributed by atoms with Gasteiger partial charge in [-0.25, -0.2) is 0 Å². The van der Waals surface area contributed by atoms with Gasteiger partial charge in [0.15, 0.2) is 0 Å². The Balaban J connectivity index is 2.86. The maximum atomic E-state index is 11.7. The molecule has 0 aliphatic carbocycles. The van der Waals surface area contributed by atoms with E-state index in [4.69, 9.17) is 5.26 Å². The SMILES string of the molecule is Cc1ccc(O)c(N/C=C(/C#N)C(=O)NC(C)C)c1. The zero-order chi connectivity index (χ0) is 14.4. The molecular formula is C14H17N3O2. The Labute approximate surface area is 112 Å². The van der Waals surface area contributed by atoms with Crippen LogP contribution in [0.5, 0.6) is 5.75 Å². The molecule has 100 valence electrons. The Morgan fingerprint density at radius 1 is 1.47 bits per heavy atom. The molecule has 3 N–H and O–H groups in total. The molecule has 0 aliphatic rings. The second kappa shape index (κ2) is 6.45. The highest BCUT2D eigenvalue weighted by molar-refractivity contribution is 5.97. The number of amides is 1. The lowest BCUT2D eigenvalue weighted by Crippen LogP contribution is -2.31. The summed E-state index contributed by atoms with van der Waals surface area (Å²) < 4.78 is 0. The van der Waals surface area contributed by atoms with E-state index in [9.17, 15) is 9.90 Å². The first kappa shape index (κ1) is 14.6. The van der Waals surface area contributed by atoms with Crippen LogP contribution in [0.25, 0.3) is 0 Å². The van der Waals surface area contributed by atoms with E-state index < -0.39 is 5.91 Å². The number of hydrogen-bond donors (Lipinski definition) is 3. The van der Waals surface area contributed by atoms with Crippen molar-refractivity contribution in [1.29, 1.82) is 5.26 Å². The summed E-state index contributed by atoms with van der Waals surface area (Å²) in [6, 6.07) is 6.81. The largest absolute Gasteiger partial charge is 0.506 e. The Hall–Kier alpha value is -2.48. The molecule has 1 amide bonds. The zero-order valence-corrected chi connectivity index (χ0v) is 11.2. The molecule has 5 heteroatoms. The molecule has 1 aromatic carbocycles. The van der Waals surface area contributed by atoms with Crippen molar-refractivity contribution in [2.45, 2.75) is 26.8 Å². The number of carbonyl (C=O) groups is 1. The molecule has 1 rings (SSSR count). The fourth-order valence-electron chi connectivity index (χ4n) is 1.40. The third-order valence-electron chi connectivity index (χ3n) is 2.31. The van der Waals surface area contributed by atoms with E-state index in [-0.39, 0.29) is 17.4 Å². The number of carbonyl (C=O) groups excluding carboxylic acids is 1. The second-order valence-corrected chi connectivity index (χ2v) is 4.46. The van der Waals surface area contributed by atoms with E-state index in [1.165, 1.54) is 6.20 Å². The van der Waals surface area contributed by atoms with E-state index in [2.05, 4.69) is 10.6 Å². The van der Waals surface area contributed by atoms with Crippen molar-refractivity contribution >= 4 is 11.6 Å². The van der Waals surface area contributed by atoms with Gasteiger partial charge < -0.3 is 15.7 Å². The fraction of sp³-hybridized carbons (Fsp3) is 0.286. The van der Waals surface area contributed by atoms with Crippen LogP contribution in [-0.4, -0.2) is 17.1 Å². The fourth-order valence-corrected chi connectivity index (χ4v) is 1.40. The van der Waals surface area contributed by atoms with Crippen LogP contribution in [0.1, 0.15) is 19.4 Å². The van der Waals surface area contributed by atoms with E-state index in [1.54, 1.807) is 18.2 Å². The van der Waals surface area contributed by atoms with E-state index in [0.29, 0.717) is 5.69 Å². The van der Waals surface area contributed by atoms with Gasteiger partial charge in [-0.2, -0.15) is 5.26 Å². The van der Waals surface area contributed by atoms with Crippen LogP contribution in [0.2, 0.25) is 0 Å². The molecule has 1 aromatic rings. The van der Waals surface area contributed by atoms with Crippen molar-refractivity contribution in [1.82, 2.24) is 5.32 Å². The minimum Gasteiger partial charge on any atom is -0.506 e. The molecule has 0 atom stereocenters. The minimum atomic E-state index is -0.447. The molecule has 5 nitrogen and oxygen atoms in total. The molecule has 0 saturated heterocycles. The minimum absolute atomic E-state index is 0.0448. The molecule has 0 fully saturated rings. The number of phenolic OH excluding ortho intramolecular Hbond substituents is 1. The molecule has 0 unspecified atom stereocenters. The monoisotopic (exact) mass is 259 g/mol. The molecule has 0 aliphatic heterocycles. The smallest absolute Gasteiger partial charge is 0.263 e. The third-order valence-corrected chi connectivity index (χ3v) is 2.31. The number of aryl methyl sites for hydroxylation is 1. The van der Waals surface area contributed by atoms with Gasteiger partial charge in [0.25, 0.3) is 5.91 Å². The molecule has 0 radical (unpaired) electrons.